The number of hydrogen-bond acceptors (Lipinski definition) is 2. The highest BCUT2D eigenvalue weighted by Crippen LogP contribution is 2.35. The lowest BCUT2D eigenvalue weighted by atomic mass is 10.1. The van der Waals surface area contributed by atoms with E-state index in [1.807, 2.05) is 0 Å². The van der Waals surface area contributed by atoms with E-state index in [0.717, 1.165) is 31.6 Å². The highest BCUT2D eigenvalue weighted by atomic mass is 15.1. The Labute approximate surface area is 111 Å². The predicted octanol–water partition coefficient (Wildman–Crippen LogP) is 3.03. The van der Waals surface area contributed by atoms with Crippen LogP contribution < -0.4 is 5.32 Å². The Hall–Kier alpha value is -0.860. The molecule has 1 aromatic rings. The highest BCUT2D eigenvalue weighted by Gasteiger charge is 2.30. The van der Waals surface area contributed by atoms with Crippen LogP contribution in [0.15, 0.2) is 24.3 Å². The van der Waals surface area contributed by atoms with Gasteiger partial charge in [0.25, 0.3) is 0 Å². The molecule has 1 aromatic carbocycles. The zero-order valence-corrected chi connectivity index (χ0v) is 11.9. The maximum absolute atomic E-state index is 3.42. The molecule has 2 heteroatoms. The van der Waals surface area contributed by atoms with Crippen LogP contribution in [0, 0.1) is 5.92 Å². The van der Waals surface area contributed by atoms with Gasteiger partial charge in [0, 0.05) is 19.1 Å². The van der Waals surface area contributed by atoms with Crippen LogP contribution in [-0.2, 0) is 13.1 Å². The van der Waals surface area contributed by atoms with Crippen molar-refractivity contribution < 1.29 is 0 Å². The van der Waals surface area contributed by atoms with Crippen molar-refractivity contribution in [3.05, 3.63) is 35.4 Å². The van der Waals surface area contributed by atoms with Crippen LogP contribution in [-0.4, -0.2) is 24.5 Å². The summed E-state index contributed by atoms with van der Waals surface area (Å²) in [5.41, 5.74) is 2.91. The normalized spacial score (nSPS) is 17.1. The monoisotopic (exact) mass is 246 g/mol. The van der Waals surface area contributed by atoms with Gasteiger partial charge in [0.05, 0.1) is 0 Å². The average Bonchev–Trinajstić information content (AvgIpc) is 3.21. The number of nitrogens with zero attached hydrogens (tertiary/aromatic N) is 1. The van der Waals surface area contributed by atoms with Gasteiger partial charge >= 0.3 is 0 Å². The van der Waals surface area contributed by atoms with Crippen LogP contribution in [0.1, 0.15) is 37.8 Å². The summed E-state index contributed by atoms with van der Waals surface area (Å²) in [6.45, 7) is 7.61. The third-order valence-corrected chi connectivity index (χ3v) is 4.10. The summed E-state index contributed by atoms with van der Waals surface area (Å²) in [7, 11) is 2.26. The van der Waals surface area contributed by atoms with Crippen LogP contribution in [0.5, 0.6) is 0 Å². The molecule has 1 fully saturated rings. The summed E-state index contributed by atoms with van der Waals surface area (Å²) in [5, 5.41) is 3.42. The van der Waals surface area contributed by atoms with Crippen molar-refractivity contribution in [2.24, 2.45) is 5.92 Å². The molecule has 1 N–H and O–H groups in total. The zero-order valence-electron chi connectivity index (χ0n) is 11.9. The lowest BCUT2D eigenvalue weighted by Gasteiger charge is -2.25. The summed E-state index contributed by atoms with van der Waals surface area (Å²) in [6.07, 6.45) is 2.84. The number of nitrogens with one attached hydrogen (secondary N) is 1. The standard InChI is InChI=1S/C16H26N2/c1-4-17-11-15-7-5-6-8-16(15)12-18(3)13(2)14-9-10-14/h5-8,13-14,17H,4,9-12H2,1-3H3. The summed E-state index contributed by atoms with van der Waals surface area (Å²) in [5.74, 6) is 0.941. The van der Waals surface area contributed by atoms with Crippen LogP contribution >= 0.6 is 0 Å². The maximum atomic E-state index is 3.42. The van der Waals surface area contributed by atoms with Crippen molar-refractivity contribution in [3.8, 4) is 0 Å². The molecule has 2 nitrogen and oxygen atoms in total. The molecule has 1 unspecified atom stereocenters. The Kier molecular flexibility index (Phi) is 4.79. The molecule has 2 rings (SSSR count). The molecule has 0 amide bonds. The maximum Gasteiger partial charge on any atom is 0.0236 e. The fraction of sp³-hybridized carbons (Fsp3) is 0.625. The van der Waals surface area contributed by atoms with E-state index in [-0.39, 0.29) is 0 Å². The molecule has 0 heterocycles. The van der Waals surface area contributed by atoms with E-state index in [2.05, 4.69) is 55.4 Å². The fourth-order valence-electron chi connectivity index (χ4n) is 2.50. The molecule has 0 spiro atoms. The second-order valence-electron chi connectivity index (χ2n) is 5.54. The molecule has 0 saturated heterocycles. The molecule has 1 aliphatic rings. The van der Waals surface area contributed by atoms with E-state index in [0.29, 0.717) is 0 Å². The molecule has 0 aliphatic heterocycles. The van der Waals surface area contributed by atoms with E-state index in [1.165, 1.54) is 24.0 Å². The van der Waals surface area contributed by atoms with Gasteiger partial charge in [-0.2, -0.15) is 0 Å². The smallest absolute Gasteiger partial charge is 0.0236 e. The van der Waals surface area contributed by atoms with Crippen LogP contribution in [0.3, 0.4) is 0 Å². The Morgan fingerprint density at radius 1 is 1.28 bits per heavy atom. The molecule has 0 bridgehead atoms. The van der Waals surface area contributed by atoms with E-state index < -0.39 is 0 Å². The lowest BCUT2D eigenvalue weighted by Crippen LogP contribution is -2.30. The van der Waals surface area contributed by atoms with Gasteiger partial charge in [0.1, 0.15) is 0 Å². The van der Waals surface area contributed by atoms with Crippen molar-refractivity contribution in [2.75, 3.05) is 13.6 Å². The third kappa shape index (κ3) is 3.56. The minimum Gasteiger partial charge on any atom is -0.313 e. The van der Waals surface area contributed by atoms with E-state index >= 15 is 0 Å². The Morgan fingerprint density at radius 3 is 2.56 bits per heavy atom. The summed E-state index contributed by atoms with van der Waals surface area (Å²) < 4.78 is 0. The topological polar surface area (TPSA) is 15.3 Å². The molecule has 18 heavy (non-hydrogen) atoms. The zero-order chi connectivity index (χ0) is 13.0. The van der Waals surface area contributed by atoms with Crippen LogP contribution in [0.25, 0.3) is 0 Å². The van der Waals surface area contributed by atoms with Gasteiger partial charge in [-0.3, -0.25) is 4.90 Å². The van der Waals surface area contributed by atoms with Gasteiger partial charge < -0.3 is 5.32 Å². The minimum absolute atomic E-state index is 0.720. The molecule has 0 aromatic heterocycles. The molecule has 1 atom stereocenters. The van der Waals surface area contributed by atoms with Gasteiger partial charge in [0.15, 0.2) is 0 Å². The summed E-state index contributed by atoms with van der Waals surface area (Å²) >= 11 is 0. The van der Waals surface area contributed by atoms with E-state index in [1.54, 1.807) is 0 Å². The van der Waals surface area contributed by atoms with Gasteiger partial charge in [-0.15, -0.1) is 0 Å². The molecule has 1 aliphatic carbocycles. The number of rotatable bonds is 7. The Bertz CT molecular complexity index is 371. The molecule has 100 valence electrons. The first kappa shape index (κ1) is 13.6. The second kappa shape index (κ2) is 6.35. The second-order valence-corrected chi connectivity index (χ2v) is 5.54. The summed E-state index contributed by atoms with van der Waals surface area (Å²) in [4.78, 5) is 2.50. The Balaban J connectivity index is 1.98. The van der Waals surface area contributed by atoms with Crippen molar-refractivity contribution >= 4 is 0 Å². The molecule has 0 radical (unpaired) electrons. The first-order valence-electron chi connectivity index (χ1n) is 7.20. The van der Waals surface area contributed by atoms with Crippen molar-refractivity contribution in [1.29, 1.82) is 0 Å². The summed E-state index contributed by atoms with van der Waals surface area (Å²) in [6, 6.07) is 9.52. The first-order chi connectivity index (χ1) is 8.72. The van der Waals surface area contributed by atoms with Gasteiger partial charge in [-0.1, -0.05) is 31.2 Å². The fourth-order valence-corrected chi connectivity index (χ4v) is 2.50. The SMILES string of the molecule is CCNCc1ccccc1CN(C)C(C)C1CC1. The quantitative estimate of drug-likeness (QED) is 0.795. The predicted molar refractivity (Wildman–Crippen MR) is 77.5 cm³/mol. The molecule has 1 saturated carbocycles. The van der Waals surface area contributed by atoms with Gasteiger partial charge in [-0.25, -0.2) is 0 Å². The highest BCUT2D eigenvalue weighted by molar-refractivity contribution is 5.27. The average molecular weight is 246 g/mol. The van der Waals surface area contributed by atoms with Gasteiger partial charge in [-0.05, 0) is 50.4 Å². The minimum atomic E-state index is 0.720. The molecular weight excluding hydrogens is 220 g/mol. The number of hydrogen-bond donors (Lipinski definition) is 1. The first-order valence-corrected chi connectivity index (χ1v) is 7.20. The molecular formula is C16H26N2. The van der Waals surface area contributed by atoms with Gasteiger partial charge in [0.2, 0.25) is 0 Å². The van der Waals surface area contributed by atoms with Crippen LogP contribution in [0.4, 0.5) is 0 Å². The van der Waals surface area contributed by atoms with Crippen LogP contribution in [0.2, 0.25) is 0 Å². The Morgan fingerprint density at radius 2 is 1.94 bits per heavy atom. The van der Waals surface area contributed by atoms with Crippen molar-refractivity contribution in [2.45, 2.75) is 45.8 Å². The third-order valence-electron chi connectivity index (χ3n) is 4.10. The van der Waals surface area contributed by atoms with E-state index in [4.69, 9.17) is 0 Å². The van der Waals surface area contributed by atoms with Crippen molar-refractivity contribution in [1.82, 2.24) is 10.2 Å². The van der Waals surface area contributed by atoms with Crippen molar-refractivity contribution in [3.63, 3.8) is 0 Å². The lowest BCUT2D eigenvalue weighted by molar-refractivity contribution is 0.226. The number of benzene rings is 1. The largest absolute Gasteiger partial charge is 0.313 e. The van der Waals surface area contributed by atoms with E-state index in [9.17, 15) is 0 Å².